The van der Waals surface area contributed by atoms with E-state index >= 15 is 0 Å². The average molecular weight is 304 g/mol. The van der Waals surface area contributed by atoms with Crippen LogP contribution >= 0.6 is 0 Å². The summed E-state index contributed by atoms with van der Waals surface area (Å²) >= 11 is 0. The van der Waals surface area contributed by atoms with Gasteiger partial charge in [-0.15, -0.1) is 0 Å². The Morgan fingerprint density at radius 3 is 2.68 bits per heavy atom. The predicted molar refractivity (Wildman–Crippen MR) is 93.8 cm³/mol. The molecule has 0 aliphatic heterocycles. The summed E-state index contributed by atoms with van der Waals surface area (Å²) in [6.45, 7) is 11.2. The summed E-state index contributed by atoms with van der Waals surface area (Å²) in [6, 6.07) is 0. The van der Waals surface area contributed by atoms with Crippen molar-refractivity contribution < 1.29 is 9.90 Å². The van der Waals surface area contributed by atoms with Crippen molar-refractivity contribution in [3.63, 3.8) is 0 Å². The highest BCUT2D eigenvalue weighted by Crippen LogP contribution is 2.43. The summed E-state index contributed by atoms with van der Waals surface area (Å²) in [5.74, 6) is 0.423. The minimum absolute atomic E-state index is 0.355. The molecule has 0 amide bonds. The van der Waals surface area contributed by atoms with Crippen molar-refractivity contribution in [3.8, 4) is 0 Å². The largest absolute Gasteiger partial charge is 0.478 e. The van der Waals surface area contributed by atoms with E-state index in [0.717, 1.165) is 18.4 Å². The van der Waals surface area contributed by atoms with Crippen LogP contribution in [0.1, 0.15) is 66.7 Å². The van der Waals surface area contributed by atoms with Crippen LogP contribution in [0.3, 0.4) is 0 Å². The maximum Gasteiger partial charge on any atom is 0.328 e. The molecule has 0 aromatic rings. The Balaban J connectivity index is 2.54. The van der Waals surface area contributed by atoms with Crippen molar-refractivity contribution in [1.29, 1.82) is 0 Å². The van der Waals surface area contributed by atoms with Crippen LogP contribution in [0.25, 0.3) is 0 Å². The number of carbonyl (C=O) groups is 1. The first-order valence-corrected chi connectivity index (χ1v) is 8.50. The number of carboxylic acid groups (broad SMARTS) is 1. The van der Waals surface area contributed by atoms with Gasteiger partial charge < -0.3 is 5.11 Å². The minimum atomic E-state index is -0.881. The molecule has 2 heteroatoms. The SMILES string of the molecule is CC(/C=C/CC(C)C/C=C1\C(C)CCCC1(C)C)=C\C(=O)O. The second kappa shape index (κ2) is 8.36. The molecule has 0 radical (unpaired) electrons. The van der Waals surface area contributed by atoms with Gasteiger partial charge in [0.25, 0.3) is 0 Å². The van der Waals surface area contributed by atoms with Crippen molar-refractivity contribution in [1.82, 2.24) is 0 Å². The Bertz CT molecular complexity index is 466. The number of hydrogen-bond donors (Lipinski definition) is 1. The van der Waals surface area contributed by atoms with Gasteiger partial charge in [0.2, 0.25) is 0 Å². The zero-order valence-electron chi connectivity index (χ0n) is 14.9. The van der Waals surface area contributed by atoms with Gasteiger partial charge in [-0.1, -0.05) is 57.9 Å². The van der Waals surface area contributed by atoms with E-state index in [9.17, 15) is 4.79 Å². The Morgan fingerprint density at radius 2 is 2.09 bits per heavy atom. The normalized spacial score (nSPS) is 25.6. The third-order valence-electron chi connectivity index (χ3n) is 4.76. The van der Waals surface area contributed by atoms with Crippen LogP contribution in [0.2, 0.25) is 0 Å². The van der Waals surface area contributed by atoms with Gasteiger partial charge in [0, 0.05) is 6.08 Å². The fourth-order valence-electron chi connectivity index (χ4n) is 3.45. The molecule has 0 aromatic carbocycles. The fraction of sp³-hybridized carbons (Fsp3) is 0.650. The third kappa shape index (κ3) is 6.21. The highest BCUT2D eigenvalue weighted by Gasteiger charge is 2.30. The Labute approximate surface area is 136 Å². The van der Waals surface area contributed by atoms with E-state index in [1.165, 1.54) is 25.3 Å². The van der Waals surface area contributed by atoms with Gasteiger partial charge in [0.1, 0.15) is 0 Å². The first-order chi connectivity index (χ1) is 10.2. The maximum atomic E-state index is 10.6. The number of hydrogen-bond acceptors (Lipinski definition) is 1. The molecule has 1 rings (SSSR count). The second-order valence-corrected chi connectivity index (χ2v) is 7.54. The maximum absolute atomic E-state index is 10.6. The van der Waals surface area contributed by atoms with Crippen LogP contribution in [0.5, 0.6) is 0 Å². The van der Waals surface area contributed by atoms with Crippen molar-refractivity contribution in [2.45, 2.75) is 66.7 Å². The molecule has 2 nitrogen and oxygen atoms in total. The molecule has 0 bridgehead atoms. The summed E-state index contributed by atoms with van der Waals surface area (Å²) in [5, 5.41) is 8.68. The van der Waals surface area contributed by atoms with Crippen LogP contribution in [-0.4, -0.2) is 11.1 Å². The lowest BCUT2D eigenvalue weighted by Crippen LogP contribution is -2.25. The zero-order valence-corrected chi connectivity index (χ0v) is 14.9. The number of carboxylic acids is 1. The van der Waals surface area contributed by atoms with Crippen LogP contribution in [0.15, 0.2) is 35.5 Å². The Hall–Kier alpha value is -1.31. The summed E-state index contributed by atoms with van der Waals surface area (Å²) < 4.78 is 0. The van der Waals surface area contributed by atoms with Gasteiger partial charge in [-0.3, -0.25) is 0 Å². The summed E-state index contributed by atoms with van der Waals surface area (Å²) in [5.41, 5.74) is 2.78. The Kier molecular flexibility index (Phi) is 7.12. The molecule has 22 heavy (non-hydrogen) atoms. The molecule has 0 spiro atoms. The molecule has 124 valence electrons. The lowest BCUT2D eigenvalue weighted by atomic mass is 9.68. The summed E-state index contributed by atoms with van der Waals surface area (Å²) in [6.07, 6.45) is 13.8. The van der Waals surface area contributed by atoms with E-state index in [-0.39, 0.29) is 0 Å². The fourth-order valence-corrected chi connectivity index (χ4v) is 3.45. The topological polar surface area (TPSA) is 37.3 Å². The van der Waals surface area contributed by atoms with Crippen molar-refractivity contribution in [3.05, 3.63) is 35.5 Å². The summed E-state index contributed by atoms with van der Waals surface area (Å²) in [7, 11) is 0. The van der Waals surface area contributed by atoms with Crippen LogP contribution in [0.4, 0.5) is 0 Å². The summed E-state index contributed by atoms with van der Waals surface area (Å²) in [4.78, 5) is 10.6. The lowest BCUT2D eigenvalue weighted by Gasteiger charge is -2.37. The molecule has 1 N–H and O–H groups in total. The molecule has 0 heterocycles. The van der Waals surface area contributed by atoms with Crippen LogP contribution in [0, 0.1) is 17.3 Å². The smallest absolute Gasteiger partial charge is 0.328 e. The molecule has 1 saturated carbocycles. The van der Waals surface area contributed by atoms with E-state index in [0.29, 0.717) is 17.3 Å². The first-order valence-electron chi connectivity index (χ1n) is 8.50. The molecule has 0 aromatic heterocycles. The minimum Gasteiger partial charge on any atom is -0.478 e. The van der Waals surface area contributed by atoms with Gasteiger partial charge in [-0.25, -0.2) is 4.79 Å². The molecule has 2 unspecified atom stereocenters. The zero-order chi connectivity index (χ0) is 16.8. The van der Waals surface area contributed by atoms with Crippen molar-refractivity contribution in [2.75, 3.05) is 0 Å². The number of aliphatic carboxylic acids is 1. The van der Waals surface area contributed by atoms with E-state index in [2.05, 4.69) is 39.8 Å². The molecule has 1 fully saturated rings. The van der Waals surface area contributed by atoms with Crippen LogP contribution in [-0.2, 0) is 4.79 Å². The van der Waals surface area contributed by atoms with Gasteiger partial charge >= 0.3 is 5.97 Å². The van der Waals surface area contributed by atoms with Crippen LogP contribution < -0.4 is 0 Å². The molecular weight excluding hydrogens is 272 g/mol. The van der Waals surface area contributed by atoms with Crippen molar-refractivity contribution >= 4 is 5.97 Å². The first kappa shape index (κ1) is 18.7. The van der Waals surface area contributed by atoms with E-state index in [4.69, 9.17) is 5.11 Å². The van der Waals surface area contributed by atoms with E-state index in [1.54, 1.807) is 5.57 Å². The highest BCUT2D eigenvalue weighted by atomic mass is 16.4. The van der Waals surface area contributed by atoms with Gasteiger partial charge in [-0.2, -0.15) is 0 Å². The monoisotopic (exact) mass is 304 g/mol. The number of allylic oxidation sites excluding steroid dienone is 5. The van der Waals surface area contributed by atoms with Gasteiger partial charge in [0.15, 0.2) is 0 Å². The van der Waals surface area contributed by atoms with E-state index in [1.807, 2.05) is 13.0 Å². The lowest BCUT2D eigenvalue weighted by molar-refractivity contribution is -0.131. The third-order valence-corrected chi connectivity index (χ3v) is 4.76. The quantitative estimate of drug-likeness (QED) is 0.384. The standard InChI is InChI=1S/C20H32O2/c1-15(8-6-9-16(2)14-19(21)22)11-12-18-17(3)10-7-13-20(18,4)5/h6,9,12,14-15,17H,7-8,10-11,13H2,1-5H3,(H,21,22)/b9-6+,16-14+,18-12+. The number of rotatable bonds is 6. The average Bonchev–Trinajstić information content (AvgIpc) is 2.36. The predicted octanol–water partition coefficient (Wildman–Crippen LogP) is 5.76. The van der Waals surface area contributed by atoms with Gasteiger partial charge in [-0.05, 0) is 55.4 Å². The van der Waals surface area contributed by atoms with Gasteiger partial charge in [0.05, 0.1) is 0 Å². The molecule has 1 aliphatic carbocycles. The Morgan fingerprint density at radius 1 is 1.41 bits per heavy atom. The molecule has 2 atom stereocenters. The molecule has 1 aliphatic rings. The molecule has 0 saturated heterocycles. The highest BCUT2D eigenvalue weighted by molar-refractivity contribution is 5.81. The molecular formula is C20H32O2. The van der Waals surface area contributed by atoms with Crippen molar-refractivity contribution in [2.24, 2.45) is 17.3 Å². The van der Waals surface area contributed by atoms with E-state index < -0.39 is 5.97 Å². The second-order valence-electron chi connectivity index (χ2n) is 7.54.